The standard InChI is InChI=1S/C13H15BrClNO4/c1-16(6-2-3-13(18)19)12(17)8-20-11-5-4-9(15)7-10(11)14/h4-5,7H,2-3,6,8H2,1H3,(H,18,19). The predicted octanol–water partition coefficient (Wildman–Crippen LogP) is 2.80. The molecule has 0 radical (unpaired) electrons. The highest BCUT2D eigenvalue weighted by atomic mass is 79.9. The minimum absolute atomic E-state index is 0.0429. The minimum Gasteiger partial charge on any atom is -0.483 e. The number of hydrogen-bond donors (Lipinski definition) is 1. The molecule has 20 heavy (non-hydrogen) atoms. The van der Waals surface area contributed by atoms with Gasteiger partial charge in [-0.25, -0.2) is 0 Å². The van der Waals surface area contributed by atoms with Crippen LogP contribution < -0.4 is 4.74 Å². The molecule has 1 N–H and O–H groups in total. The van der Waals surface area contributed by atoms with E-state index in [0.29, 0.717) is 28.2 Å². The van der Waals surface area contributed by atoms with E-state index in [2.05, 4.69) is 15.9 Å². The molecule has 0 atom stereocenters. The van der Waals surface area contributed by atoms with Crippen molar-refractivity contribution in [1.82, 2.24) is 4.90 Å². The molecular weight excluding hydrogens is 350 g/mol. The second-order valence-corrected chi connectivity index (χ2v) is 5.47. The Balaban J connectivity index is 2.40. The smallest absolute Gasteiger partial charge is 0.303 e. The van der Waals surface area contributed by atoms with Crippen LogP contribution in [0.3, 0.4) is 0 Å². The summed E-state index contributed by atoms with van der Waals surface area (Å²) >= 11 is 9.10. The molecule has 0 aliphatic heterocycles. The Morgan fingerprint density at radius 2 is 2.15 bits per heavy atom. The van der Waals surface area contributed by atoms with Gasteiger partial charge in [-0.1, -0.05) is 11.6 Å². The van der Waals surface area contributed by atoms with Crippen LogP contribution in [-0.4, -0.2) is 42.1 Å². The third-order valence-electron chi connectivity index (χ3n) is 2.55. The van der Waals surface area contributed by atoms with Gasteiger partial charge in [0.15, 0.2) is 6.61 Å². The van der Waals surface area contributed by atoms with Crippen LogP contribution in [0.2, 0.25) is 5.02 Å². The fourth-order valence-electron chi connectivity index (χ4n) is 1.43. The molecule has 0 bridgehead atoms. The number of carboxylic acids is 1. The average molecular weight is 365 g/mol. The number of carbonyl (C=O) groups excluding carboxylic acids is 1. The van der Waals surface area contributed by atoms with Crippen molar-refractivity contribution < 1.29 is 19.4 Å². The molecule has 1 amide bonds. The highest BCUT2D eigenvalue weighted by Gasteiger charge is 2.11. The van der Waals surface area contributed by atoms with Gasteiger partial charge in [-0.2, -0.15) is 0 Å². The lowest BCUT2D eigenvalue weighted by Gasteiger charge is -2.17. The second kappa shape index (κ2) is 8.11. The van der Waals surface area contributed by atoms with Crippen molar-refractivity contribution in [2.45, 2.75) is 12.8 Å². The van der Waals surface area contributed by atoms with Gasteiger partial charge in [-0.15, -0.1) is 0 Å². The molecule has 7 heteroatoms. The number of aliphatic carboxylic acids is 1. The van der Waals surface area contributed by atoms with Crippen LogP contribution in [0.25, 0.3) is 0 Å². The number of rotatable bonds is 7. The molecule has 1 aromatic carbocycles. The van der Waals surface area contributed by atoms with E-state index in [1.807, 2.05) is 0 Å². The first kappa shape index (κ1) is 16.8. The molecule has 0 unspecified atom stereocenters. The fourth-order valence-corrected chi connectivity index (χ4v) is 2.23. The summed E-state index contributed by atoms with van der Waals surface area (Å²) in [6.45, 7) is 0.278. The Bertz CT molecular complexity index is 495. The van der Waals surface area contributed by atoms with E-state index in [-0.39, 0.29) is 18.9 Å². The SMILES string of the molecule is CN(CCCC(=O)O)C(=O)COc1ccc(Cl)cc1Br. The van der Waals surface area contributed by atoms with E-state index < -0.39 is 5.97 Å². The van der Waals surface area contributed by atoms with Crippen LogP contribution >= 0.6 is 27.5 Å². The average Bonchev–Trinajstić information content (AvgIpc) is 2.36. The topological polar surface area (TPSA) is 66.8 Å². The number of carboxylic acid groups (broad SMARTS) is 1. The van der Waals surface area contributed by atoms with Crippen molar-refractivity contribution in [2.24, 2.45) is 0 Å². The van der Waals surface area contributed by atoms with Gasteiger partial charge < -0.3 is 14.7 Å². The molecule has 0 fully saturated rings. The molecule has 0 spiro atoms. The van der Waals surface area contributed by atoms with E-state index in [1.54, 1.807) is 25.2 Å². The summed E-state index contributed by atoms with van der Waals surface area (Å²) in [6.07, 6.45) is 0.462. The number of hydrogen-bond acceptors (Lipinski definition) is 3. The first-order valence-corrected chi connectivity index (χ1v) is 7.11. The summed E-state index contributed by atoms with van der Waals surface area (Å²) in [7, 11) is 1.62. The quantitative estimate of drug-likeness (QED) is 0.808. The zero-order valence-corrected chi connectivity index (χ0v) is 13.3. The maximum atomic E-state index is 11.8. The van der Waals surface area contributed by atoms with E-state index in [1.165, 1.54) is 4.90 Å². The van der Waals surface area contributed by atoms with Gasteiger partial charge in [-0.3, -0.25) is 9.59 Å². The highest BCUT2D eigenvalue weighted by molar-refractivity contribution is 9.10. The molecular formula is C13H15BrClNO4. The van der Waals surface area contributed by atoms with Crippen molar-refractivity contribution in [2.75, 3.05) is 20.2 Å². The number of benzene rings is 1. The highest BCUT2D eigenvalue weighted by Crippen LogP contribution is 2.27. The van der Waals surface area contributed by atoms with E-state index in [9.17, 15) is 9.59 Å². The van der Waals surface area contributed by atoms with Crippen molar-refractivity contribution in [3.63, 3.8) is 0 Å². The molecule has 0 aliphatic carbocycles. The van der Waals surface area contributed by atoms with Gasteiger partial charge in [0.05, 0.1) is 4.47 Å². The summed E-state index contributed by atoms with van der Waals surface area (Å²) in [5, 5.41) is 9.10. The number of carbonyl (C=O) groups is 2. The van der Waals surface area contributed by atoms with Crippen molar-refractivity contribution >= 4 is 39.4 Å². The summed E-state index contributed by atoms with van der Waals surface area (Å²) < 4.78 is 6.06. The Hall–Kier alpha value is -1.27. The Morgan fingerprint density at radius 1 is 1.45 bits per heavy atom. The second-order valence-electron chi connectivity index (χ2n) is 4.18. The number of nitrogens with zero attached hydrogens (tertiary/aromatic N) is 1. The van der Waals surface area contributed by atoms with Crippen molar-refractivity contribution in [1.29, 1.82) is 0 Å². The lowest BCUT2D eigenvalue weighted by atomic mass is 10.3. The van der Waals surface area contributed by atoms with E-state index >= 15 is 0 Å². The fraction of sp³-hybridized carbons (Fsp3) is 0.385. The maximum absolute atomic E-state index is 11.8. The largest absolute Gasteiger partial charge is 0.483 e. The maximum Gasteiger partial charge on any atom is 0.303 e. The number of halogens is 2. The lowest BCUT2D eigenvalue weighted by Crippen LogP contribution is -2.32. The summed E-state index contributed by atoms with van der Waals surface area (Å²) in [5.41, 5.74) is 0. The van der Waals surface area contributed by atoms with Crippen molar-refractivity contribution in [3.05, 3.63) is 27.7 Å². The van der Waals surface area contributed by atoms with Crippen LogP contribution in [0, 0.1) is 0 Å². The van der Waals surface area contributed by atoms with Gasteiger partial charge in [0.25, 0.3) is 5.91 Å². The molecule has 110 valence electrons. The monoisotopic (exact) mass is 363 g/mol. The molecule has 0 heterocycles. The minimum atomic E-state index is -0.868. The van der Waals surface area contributed by atoms with Crippen LogP contribution in [0.15, 0.2) is 22.7 Å². The third-order valence-corrected chi connectivity index (χ3v) is 3.41. The Morgan fingerprint density at radius 3 is 2.75 bits per heavy atom. The van der Waals surface area contributed by atoms with Gasteiger partial charge >= 0.3 is 5.97 Å². The summed E-state index contributed by atoms with van der Waals surface area (Å²) in [6, 6.07) is 5.02. The van der Waals surface area contributed by atoms with Crippen LogP contribution in [0.4, 0.5) is 0 Å². The van der Waals surface area contributed by atoms with Gasteiger partial charge in [0.2, 0.25) is 0 Å². The first-order chi connectivity index (χ1) is 9.40. The zero-order chi connectivity index (χ0) is 15.1. The van der Waals surface area contributed by atoms with Gasteiger partial charge in [0, 0.05) is 25.0 Å². The number of amides is 1. The van der Waals surface area contributed by atoms with E-state index in [0.717, 1.165) is 0 Å². The first-order valence-electron chi connectivity index (χ1n) is 5.93. The molecule has 5 nitrogen and oxygen atoms in total. The third kappa shape index (κ3) is 5.79. The van der Waals surface area contributed by atoms with Gasteiger partial charge in [0.1, 0.15) is 5.75 Å². The zero-order valence-electron chi connectivity index (χ0n) is 10.9. The Kier molecular flexibility index (Phi) is 6.81. The molecule has 0 saturated heterocycles. The van der Waals surface area contributed by atoms with Crippen LogP contribution in [-0.2, 0) is 9.59 Å². The predicted molar refractivity (Wildman–Crippen MR) is 79.2 cm³/mol. The van der Waals surface area contributed by atoms with Crippen LogP contribution in [0.5, 0.6) is 5.75 Å². The van der Waals surface area contributed by atoms with Gasteiger partial charge in [-0.05, 0) is 40.5 Å². The normalized spacial score (nSPS) is 10.2. The molecule has 1 rings (SSSR count). The number of ether oxygens (including phenoxy) is 1. The molecule has 0 aromatic heterocycles. The molecule has 1 aromatic rings. The lowest BCUT2D eigenvalue weighted by molar-refractivity contribution is -0.138. The number of likely N-dealkylation sites (N-methyl/N-ethyl adjacent to an activating group) is 1. The van der Waals surface area contributed by atoms with Crippen LogP contribution in [0.1, 0.15) is 12.8 Å². The van der Waals surface area contributed by atoms with E-state index in [4.69, 9.17) is 21.4 Å². The van der Waals surface area contributed by atoms with Crippen molar-refractivity contribution in [3.8, 4) is 5.75 Å². The summed E-state index contributed by atoms with van der Waals surface area (Å²) in [4.78, 5) is 23.6. The summed E-state index contributed by atoms with van der Waals surface area (Å²) in [5.74, 6) is -0.550. The molecule has 0 aliphatic rings. The Labute approximate surface area is 130 Å². The molecule has 0 saturated carbocycles.